The highest BCUT2D eigenvalue weighted by Gasteiger charge is 2.34. The van der Waals surface area contributed by atoms with Crippen LogP contribution in [-0.2, 0) is 13.1 Å². The second kappa shape index (κ2) is 14.1. The van der Waals surface area contributed by atoms with Gasteiger partial charge in [0, 0.05) is 67.9 Å². The van der Waals surface area contributed by atoms with E-state index in [1.54, 1.807) is 49.2 Å². The van der Waals surface area contributed by atoms with E-state index < -0.39 is 0 Å². The Balaban J connectivity index is 0.000000189. The first-order valence-corrected chi connectivity index (χ1v) is 14.1. The quantitative estimate of drug-likeness (QED) is 0.183. The van der Waals surface area contributed by atoms with Gasteiger partial charge in [-0.2, -0.15) is 0 Å². The number of fused-ring (bicyclic) bond motifs is 1. The van der Waals surface area contributed by atoms with Gasteiger partial charge in [0.2, 0.25) is 0 Å². The highest BCUT2D eigenvalue weighted by molar-refractivity contribution is 6.21. The molecule has 0 aliphatic carbocycles. The molecule has 2 N–H and O–H groups in total. The second-order valence-corrected chi connectivity index (χ2v) is 9.99. The number of benzene rings is 1. The number of aromatic nitrogens is 6. The van der Waals surface area contributed by atoms with Gasteiger partial charge in [-0.25, -0.2) is 9.97 Å². The summed E-state index contributed by atoms with van der Waals surface area (Å²) >= 11 is 0. The zero-order chi connectivity index (χ0) is 29.1. The first-order valence-electron chi connectivity index (χ1n) is 14.1. The molecule has 6 rings (SSSR count). The lowest BCUT2D eigenvalue weighted by atomic mass is 10.1. The predicted octanol–water partition coefficient (Wildman–Crippen LogP) is 4.71. The van der Waals surface area contributed by atoms with Gasteiger partial charge in [0.1, 0.15) is 0 Å². The molecule has 0 bridgehead atoms. The largest absolute Gasteiger partial charge is 0.337 e. The molecular formula is C32H34N8O2. The summed E-state index contributed by atoms with van der Waals surface area (Å²) in [5, 5.41) is 0. The van der Waals surface area contributed by atoms with Crippen LogP contribution < -0.4 is 5.73 Å². The lowest BCUT2D eigenvalue weighted by Crippen LogP contribution is -2.30. The fraction of sp³-hybridized carbons (Fsp3) is 0.250. The number of nitrogens with zero attached hydrogens (tertiary/aromatic N) is 7. The van der Waals surface area contributed by atoms with Crippen molar-refractivity contribution >= 4 is 11.8 Å². The van der Waals surface area contributed by atoms with Gasteiger partial charge in [0.15, 0.2) is 0 Å². The Morgan fingerprint density at radius 2 is 1.12 bits per heavy atom. The van der Waals surface area contributed by atoms with E-state index in [-0.39, 0.29) is 11.8 Å². The van der Waals surface area contributed by atoms with Crippen molar-refractivity contribution in [3.05, 3.63) is 109 Å². The van der Waals surface area contributed by atoms with Crippen molar-refractivity contribution in [2.75, 3.05) is 13.1 Å². The van der Waals surface area contributed by atoms with E-state index in [4.69, 9.17) is 5.73 Å². The molecule has 0 saturated heterocycles. The van der Waals surface area contributed by atoms with E-state index >= 15 is 0 Å². The van der Waals surface area contributed by atoms with Crippen LogP contribution in [0.25, 0.3) is 22.5 Å². The molecule has 0 saturated carbocycles. The fourth-order valence-corrected chi connectivity index (χ4v) is 4.74. The number of hydrogen-bond acceptors (Lipinski definition) is 7. The summed E-state index contributed by atoms with van der Waals surface area (Å²) in [5.41, 5.74) is 10.4. The van der Waals surface area contributed by atoms with Crippen LogP contribution in [0, 0.1) is 0 Å². The van der Waals surface area contributed by atoms with Crippen LogP contribution in [0.1, 0.15) is 46.4 Å². The minimum absolute atomic E-state index is 0.188. The van der Waals surface area contributed by atoms with Crippen molar-refractivity contribution in [3.8, 4) is 22.5 Å². The summed E-state index contributed by atoms with van der Waals surface area (Å²) in [5.74, 6) is -0.376. The summed E-state index contributed by atoms with van der Waals surface area (Å²) in [6.07, 6.45) is 18.6. The van der Waals surface area contributed by atoms with Crippen LogP contribution in [0.5, 0.6) is 0 Å². The van der Waals surface area contributed by atoms with Gasteiger partial charge < -0.3 is 14.9 Å². The van der Waals surface area contributed by atoms with E-state index in [0.29, 0.717) is 17.7 Å². The number of carbonyl (C=O) groups is 2. The van der Waals surface area contributed by atoms with E-state index in [1.807, 2.05) is 53.8 Å². The number of rotatable bonds is 11. The maximum absolute atomic E-state index is 12.3. The van der Waals surface area contributed by atoms with E-state index in [9.17, 15) is 9.59 Å². The minimum Gasteiger partial charge on any atom is -0.337 e. The highest BCUT2D eigenvalue weighted by atomic mass is 16.2. The first-order chi connectivity index (χ1) is 20.6. The van der Waals surface area contributed by atoms with Gasteiger partial charge in [0.05, 0.1) is 35.2 Å². The average molecular weight is 563 g/mol. The van der Waals surface area contributed by atoms with Gasteiger partial charge in [0.25, 0.3) is 11.8 Å². The SMILES string of the molecule is NCCCCn1cnc(-c2cccnc2)c1.O=C1c2ccccc2C(=O)N1CCCCn1cnc(-c2cccnc2)c1. The highest BCUT2D eigenvalue weighted by Crippen LogP contribution is 2.23. The molecule has 10 heteroatoms. The standard InChI is InChI=1S/C20H18N4O2.C12H16N4/c25-19-16-7-1-2-8-17(16)20(26)24(19)11-4-3-10-23-13-18(22-14-23)15-6-5-9-21-12-15;13-5-1-2-7-16-9-12(15-10-16)11-4-3-6-14-8-11/h1-2,5-9,12-14H,3-4,10-11H2;3-4,6,8-10H,1-2,5,7,13H2. The summed E-state index contributed by atoms with van der Waals surface area (Å²) < 4.78 is 4.11. The van der Waals surface area contributed by atoms with Crippen LogP contribution >= 0.6 is 0 Å². The molecule has 0 radical (unpaired) electrons. The molecular weight excluding hydrogens is 528 g/mol. The monoisotopic (exact) mass is 562 g/mol. The smallest absolute Gasteiger partial charge is 0.261 e. The molecule has 0 unspecified atom stereocenters. The molecule has 1 aliphatic rings. The van der Waals surface area contributed by atoms with Crippen LogP contribution in [0.2, 0.25) is 0 Å². The minimum atomic E-state index is -0.188. The van der Waals surface area contributed by atoms with Crippen molar-refractivity contribution in [2.24, 2.45) is 5.73 Å². The Labute approximate surface area is 244 Å². The zero-order valence-electron chi connectivity index (χ0n) is 23.4. The maximum Gasteiger partial charge on any atom is 0.261 e. The van der Waals surface area contributed by atoms with Gasteiger partial charge in [-0.3, -0.25) is 24.5 Å². The van der Waals surface area contributed by atoms with Crippen LogP contribution in [0.15, 0.2) is 98.4 Å². The number of aryl methyl sites for hydroxylation is 2. The lowest BCUT2D eigenvalue weighted by molar-refractivity contribution is 0.0651. The maximum atomic E-state index is 12.3. The molecule has 0 atom stereocenters. The predicted molar refractivity (Wildman–Crippen MR) is 160 cm³/mol. The van der Waals surface area contributed by atoms with Crippen molar-refractivity contribution in [3.63, 3.8) is 0 Å². The molecule has 214 valence electrons. The Morgan fingerprint density at radius 3 is 1.60 bits per heavy atom. The molecule has 5 aromatic rings. The Bertz CT molecular complexity index is 1560. The van der Waals surface area contributed by atoms with E-state index in [0.717, 1.165) is 67.8 Å². The molecule has 4 aromatic heterocycles. The molecule has 0 spiro atoms. The number of imidazole rings is 2. The number of carbonyl (C=O) groups excluding carboxylic acids is 2. The molecule has 2 amide bonds. The van der Waals surface area contributed by atoms with Gasteiger partial charge >= 0.3 is 0 Å². The van der Waals surface area contributed by atoms with Gasteiger partial charge in [-0.15, -0.1) is 0 Å². The number of hydrogen-bond donors (Lipinski definition) is 1. The summed E-state index contributed by atoms with van der Waals surface area (Å²) in [6, 6.07) is 14.8. The number of pyridine rings is 2. The van der Waals surface area contributed by atoms with E-state index in [1.165, 1.54) is 4.90 Å². The third-order valence-corrected chi connectivity index (χ3v) is 6.98. The molecule has 10 nitrogen and oxygen atoms in total. The summed E-state index contributed by atoms with van der Waals surface area (Å²) in [6.45, 7) is 2.96. The second-order valence-electron chi connectivity index (χ2n) is 9.99. The average Bonchev–Trinajstić information content (AvgIpc) is 3.77. The zero-order valence-corrected chi connectivity index (χ0v) is 23.4. The number of imide groups is 1. The first kappa shape index (κ1) is 28.6. The summed E-state index contributed by atoms with van der Waals surface area (Å²) in [7, 11) is 0. The molecule has 42 heavy (non-hydrogen) atoms. The summed E-state index contributed by atoms with van der Waals surface area (Å²) in [4.78, 5) is 42.9. The van der Waals surface area contributed by atoms with Crippen LogP contribution in [0.3, 0.4) is 0 Å². The van der Waals surface area contributed by atoms with Crippen molar-refractivity contribution in [2.45, 2.75) is 38.8 Å². The third kappa shape index (κ3) is 7.02. The van der Waals surface area contributed by atoms with Crippen molar-refractivity contribution in [1.82, 2.24) is 34.0 Å². The number of amides is 2. The number of nitrogens with two attached hydrogens (primary N) is 1. The number of unbranched alkanes of at least 4 members (excludes halogenated alkanes) is 2. The normalized spacial score (nSPS) is 12.3. The Morgan fingerprint density at radius 1 is 0.619 bits per heavy atom. The molecule has 5 heterocycles. The van der Waals surface area contributed by atoms with Crippen molar-refractivity contribution in [1.29, 1.82) is 0 Å². The third-order valence-electron chi connectivity index (χ3n) is 6.98. The van der Waals surface area contributed by atoms with Crippen LogP contribution in [-0.4, -0.2) is 58.9 Å². The Hall–Kier alpha value is -4.96. The van der Waals surface area contributed by atoms with Gasteiger partial charge in [-0.1, -0.05) is 12.1 Å². The Kier molecular flexibility index (Phi) is 9.58. The lowest BCUT2D eigenvalue weighted by Gasteiger charge is -2.13. The van der Waals surface area contributed by atoms with Crippen molar-refractivity contribution < 1.29 is 9.59 Å². The fourth-order valence-electron chi connectivity index (χ4n) is 4.74. The van der Waals surface area contributed by atoms with Crippen LogP contribution in [0.4, 0.5) is 0 Å². The van der Waals surface area contributed by atoms with E-state index in [2.05, 4.69) is 24.5 Å². The topological polar surface area (TPSA) is 125 Å². The molecule has 0 fully saturated rings. The van der Waals surface area contributed by atoms with Gasteiger partial charge in [-0.05, 0) is 68.6 Å². The molecule has 1 aromatic carbocycles. The molecule has 1 aliphatic heterocycles.